The Morgan fingerprint density at radius 3 is 2.70 bits per heavy atom. The molecule has 9 nitrogen and oxygen atoms in total. The van der Waals surface area contributed by atoms with Crippen LogP contribution in [0.1, 0.15) is 43.7 Å². The molecule has 176 valence electrons. The quantitative estimate of drug-likeness (QED) is 0.550. The van der Waals surface area contributed by atoms with Crippen LogP contribution in [0.2, 0.25) is 0 Å². The Morgan fingerprint density at radius 1 is 1.24 bits per heavy atom. The summed E-state index contributed by atoms with van der Waals surface area (Å²) in [4.78, 5) is 27.3. The molecule has 0 saturated heterocycles. The first-order valence-electron chi connectivity index (χ1n) is 10.5. The molecule has 1 aliphatic rings. The van der Waals surface area contributed by atoms with Crippen molar-refractivity contribution in [3.8, 4) is 0 Å². The molecule has 4 heterocycles. The molecule has 1 atom stereocenters. The summed E-state index contributed by atoms with van der Waals surface area (Å²) in [5.41, 5.74) is 4.05. The number of nitrogens with zero attached hydrogens (tertiary/aromatic N) is 6. The predicted molar refractivity (Wildman–Crippen MR) is 127 cm³/mol. The molecule has 0 fully saturated rings. The van der Waals surface area contributed by atoms with E-state index in [1.165, 1.54) is 12.3 Å². The maximum Gasteiger partial charge on any atom is 0.247 e. The third kappa shape index (κ3) is 4.94. The number of likely N-dealkylation sites (N-methyl/N-ethyl adjacent to an activating group) is 1. The molecule has 33 heavy (non-hydrogen) atoms. The van der Waals surface area contributed by atoms with Crippen molar-refractivity contribution >= 4 is 23.4 Å². The third-order valence-corrected chi connectivity index (χ3v) is 5.63. The Bertz CT molecular complexity index is 1160. The van der Waals surface area contributed by atoms with Crippen molar-refractivity contribution in [2.24, 2.45) is 5.92 Å². The molecule has 0 bridgehead atoms. The van der Waals surface area contributed by atoms with Gasteiger partial charge in [-0.3, -0.25) is 9.48 Å². The van der Waals surface area contributed by atoms with Crippen LogP contribution in [-0.2, 0) is 17.9 Å². The summed E-state index contributed by atoms with van der Waals surface area (Å²) in [6, 6.07) is 1.13. The number of fused-ring (bicyclic) bond motifs is 1. The van der Waals surface area contributed by atoms with Gasteiger partial charge in [0, 0.05) is 31.5 Å². The van der Waals surface area contributed by atoms with Crippen LogP contribution in [0.3, 0.4) is 0 Å². The van der Waals surface area contributed by atoms with Gasteiger partial charge < -0.3 is 15.5 Å². The molecule has 3 aromatic heterocycles. The topological polar surface area (TPSA) is 101 Å². The molecule has 2 N–H and O–H groups in total. The van der Waals surface area contributed by atoms with E-state index in [9.17, 15) is 9.18 Å². The highest BCUT2D eigenvalue weighted by molar-refractivity contribution is 6.03. The Morgan fingerprint density at radius 2 is 2.00 bits per heavy atom. The van der Waals surface area contributed by atoms with Gasteiger partial charge in [-0.2, -0.15) is 14.5 Å². The monoisotopic (exact) mass is 454 g/mol. The number of hydrogen-bond donors (Lipinski definition) is 2. The number of amides is 1. The van der Waals surface area contributed by atoms with Crippen LogP contribution >= 0.6 is 0 Å². The van der Waals surface area contributed by atoms with Crippen molar-refractivity contribution < 1.29 is 9.18 Å². The standard InChI is InChI=1S/C22H27FN8O.CH4/c1-12(2)19-21(32)28-18-14(4)27-22(29-20(18)30(19)5)25-7-15-8-26-31(10-15)11-16-9-24-17(23)6-13(16)3;/h6,8-10,12,19H,7,11H2,1-5H3,(H,28,32)(H,25,27,29);1H4/t19-;/m1./s1. The van der Waals surface area contributed by atoms with Crippen LogP contribution in [0.5, 0.6) is 0 Å². The zero-order valence-electron chi connectivity index (χ0n) is 18.8. The highest BCUT2D eigenvalue weighted by Crippen LogP contribution is 2.34. The largest absolute Gasteiger partial charge is 0.350 e. The van der Waals surface area contributed by atoms with E-state index in [2.05, 4.69) is 30.7 Å². The van der Waals surface area contributed by atoms with Crippen molar-refractivity contribution in [1.29, 1.82) is 0 Å². The van der Waals surface area contributed by atoms with E-state index >= 15 is 0 Å². The number of aryl methyl sites for hydroxylation is 2. The molecule has 1 aliphatic heterocycles. The van der Waals surface area contributed by atoms with Gasteiger partial charge in [0.15, 0.2) is 5.82 Å². The normalized spacial score (nSPS) is 15.2. The van der Waals surface area contributed by atoms with Crippen molar-refractivity contribution in [3.05, 3.63) is 53.0 Å². The van der Waals surface area contributed by atoms with E-state index in [0.717, 1.165) is 16.7 Å². The summed E-state index contributed by atoms with van der Waals surface area (Å²) in [6.07, 6.45) is 5.22. The predicted octanol–water partition coefficient (Wildman–Crippen LogP) is 3.53. The number of rotatable bonds is 6. The van der Waals surface area contributed by atoms with Gasteiger partial charge in [-0.1, -0.05) is 21.3 Å². The zero-order valence-corrected chi connectivity index (χ0v) is 18.8. The second-order valence-corrected chi connectivity index (χ2v) is 8.45. The van der Waals surface area contributed by atoms with Crippen LogP contribution in [0.4, 0.5) is 21.8 Å². The Hall–Kier alpha value is -3.56. The first-order chi connectivity index (χ1) is 15.2. The van der Waals surface area contributed by atoms with E-state index in [4.69, 9.17) is 0 Å². The smallest absolute Gasteiger partial charge is 0.247 e. The molecule has 0 aromatic carbocycles. The van der Waals surface area contributed by atoms with Gasteiger partial charge in [-0.15, -0.1) is 0 Å². The van der Waals surface area contributed by atoms with Crippen molar-refractivity contribution in [2.75, 3.05) is 22.6 Å². The zero-order chi connectivity index (χ0) is 23.0. The van der Waals surface area contributed by atoms with Gasteiger partial charge in [0.2, 0.25) is 17.8 Å². The SMILES string of the molecule is C.Cc1cc(F)ncc1Cn1cc(CNc2nc(C)c3c(n2)N(C)[C@H](C(C)C)C(=O)N3)cn1. The minimum absolute atomic E-state index is 0. The molecule has 0 unspecified atom stereocenters. The molecule has 10 heteroatoms. The van der Waals surface area contributed by atoms with Gasteiger partial charge in [0.25, 0.3) is 0 Å². The molecule has 0 radical (unpaired) electrons. The average molecular weight is 455 g/mol. The number of nitrogens with one attached hydrogen (secondary N) is 2. The van der Waals surface area contributed by atoms with Crippen LogP contribution in [-0.4, -0.2) is 43.7 Å². The third-order valence-electron chi connectivity index (χ3n) is 5.63. The van der Waals surface area contributed by atoms with Gasteiger partial charge in [-0.25, -0.2) is 9.97 Å². The van der Waals surface area contributed by atoms with Crippen LogP contribution in [0.15, 0.2) is 24.7 Å². The van der Waals surface area contributed by atoms with E-state index in [0.29, 0.717) is 36.2 Å². The summed E-state index contributed by atoms with van der Waals surface area (Å²) in [5.74, 6) is 0.806. The molecule has 1 amide bonds. The molecule has 0 spiro atoms. The summed E-state index contributed by atoms with van der Waals surface area (Å²) in [6.45, 7) is 8.73. The average Bonchev–Trinajstić information content (AvgIpc) is 3.17. The van der Waals surface area contributed by atoms with Crippen LogP contribution in [0.25, 0.3) is 0 Å². The second kappa shape index (κ2) is 9.51. The Labute approximate surface area is 193 Å². The van der Waals surface area contributed by atoms with Crippen molar-refractivity contribution in [1.82, 2.24) is 24.7 Å². The fourth-order valence-corrected chi connectivity index (χ4v) is 3.95. The maximum atomic E-state index is 13.2. The summed E-state index contributed by atoms with van der Waals surface area (Å²) >= 11 is 0. The van der Waals surface area contributed by atoms with Crippen LogP contribution in [0, 0.1) is 25.7 Å². The molecule has 0 aliphatic carbocycles. The Kier molecular flexibility index (Phi) is 6.95. The highest BCUT2D eigenvalue weighted by atomic mass is 19.1. The van der Waals surface area contributed by atoms with Gasteiger partial charge in [0.1, 0.15) is 11.7 Å². The lowest BCUT2D eigenvalue weighted by Crippen LogP contribution is -2.49. The number of aromatic nitrogens is 5. The van der Waals surface area contributed by atoms with Crippen molar-refractivity contribution in [2.45, 2.75) is 54.3 Å². The summed E-state index contributed by atoms with van der Waals surface area (Å²) in [7, 11) is 1.88. The Balaban J connectivity index is 0.00000306. The van der Waals surface area contributed by atoms with E-state index in [1.54, 1.807) is 10.9 Å². The lowest BCUT2D eigenvalue weighted by Gasteiger charge is -2.36. The van der Waals surface area contributed by atoms with E-state index < -0.39 is 5.95 Å². The molecule has 0 saturated carbocycles. The summed E-state index contributed by atoms with van der Waals surface area (Å²) in [5, 5.41) is 10.6. The summed E-state index contributed by atoms with van der Waals surface area (Å²) < 4.78 is 15.0. The number of halogens is 1. The molecule has 4 rings (SSSR count). The minimum atomic E-state index is -0.484. The first-order valence-corrected chi connectivity index (χ1v) is 10.5. The maximum absolute atomic E-state index is 13.2. The van der Waals surface area contributed by atoms with Gasteiger partial charge in [-0.05, 0) is 37.0 Å². The lowest BCUT2D eigenvalue weighted by molar-refractivity contribution is -0.118. The second-order valence-electron chi connectivity index (χ2n) is 8.45. The number of carbonyl (C=O) groups is 1. The number of anilines is 3. The van der Waals surface area contributed by atoms with E-state index in [-0.39, 0.29) is 25.3 Å². The van der Waals surface area contributed by atoms with Gasteiger partial charge >= 0.3 is 0 Å². The van der Waals surface area contributed by atoms with Crippen molar-refractivity contribution in [3.63, 3.8) is 0 Å². The first kappa shape index (κ1) is 24.1. The fourth-order valence-electron chi connectivity index (χ4n) is 3.95. The number of hydrogen-bond acceptors (Lipinski definition) is 7. The highest BCUT2D eigenvalue weighted by Gasteiger charge is 2.35. The molecule has 3 aromatic rings. The number of pyridine rings is 1. The molecular weight excluding hydrogens is 423 g/mol. The lowest BCUT2D eigenvalue weighted by atomic mass is 9.99. The minimum Gasteiger partial charge on any atom is -0.350 e. The van der Waals surface area contributed by atoms with E-state index in [1.807, 2.05) is 45.8 Å². The van der Waals surface area contributed by atoms with Gasteiger partial charge in [0.05, 0.1) is 18.4 Å². The molecular formula is C23H31FN8O. The number of carbonyl (C=O) groups excluding carboxylic acids is 1. The fraction of sp³-hybridized carbons (Fsp3) is 0.435. The van der Waals surface area contributed by atoms with Crippen LogP contribution < -0.4 is 15.5 Å².